The van der Waals surface area contributed by atoms with Gasteiger partial charge in [0.05, 0.1) is 6.10 Å². The van der Waals surface area contributed by atoms with E-state index in [4.69, 9.17) is 0 Å². The third-order valence-corrected chi connectivity index (χ3v) is 3.27. The summed E-state index contributed by atoms with van der Waals surface area (Å²) in [6, 6.07) is 0.0727. The van der Waals surface area contributed by atoms with Crippen LogP contribution in [-0.2, 0) is 9.53 Å². The van der Waals surface area contributed by atoms with Crippen LogP contribution >= 0.6 is 0 Å². The number of esters is 1. The predicted molar refractivity (Wildman–Crippen MR) is 54.5 cm³/mol. The average molecular weight is 268 g/mol. The monoisotopic (exact) mass is 268 g/mol. The molecule has 0 aliphatic carbocycles. The van der Waals surface area contributed by atoms with Crippen molar-refractivity contribution in [1.29, 1.82) is 0 Å². The molecule has 2 fully saturated rings. The lowest BCUT2D eigenvalue weighted by Gasteiger charge is -2.45. The SMILES string of the molecule is O=C(OC1CC(O)CCN1C1CNC1)C(F)(F)F. The van der Waals surface area contributed by atoms with Gasteiger partial charge in [-0.1, -0.05) is 0 Å². The molecular formula is C10H15F3N2O3. The highest BCUT2D eigenvalue weighted by Gasteiger charge is 2.45. The molecule has 0 aromatic rings. The van der Waals surface area contributed by atoms with Gasteiger partial charge >= 0.3 is 12.1 Å². The predicted octanol–water partition coefficient (Wildman–Crippen LogP) is -0.154. The molecule has 0 aromatic carbocycles. The van der Waals surface area contributed by atoms with Crippen LogP contribution < -0.4 is 5.32 Å². The van der Waals surface area contributed by atoms with Gasteiger partial charge in [0.15, 0.2) is 6.23 Å². The molecule has 0 radical (unpaired) electrons. The molecule has 0 saturated carbocycles. The van der Waals surface area contributed by atoms with Crippen molar-refractivity contribution in [3.8, 4) is 0 Å². The van der Waals surface area contributed by atoms with Gasteiger partial charge in [-0.25, -0.2) is 4.79 Å². The van der Waals surface area contributed by atoms with Gasteiger partial charge in [0, 0.05) is 32.1 Å². The molecule has 104 valence electrons. The number of aliphatic hydroxyl groups excluding tert-OH is 1. The molecule has 0 aromatic heterocycles. The number of hydrogen-bond acceptors (Lipinski definition) is 5. The number of ether oxygens (including phenoxy) is 1. The second-order valence-electron chi connectivity index (χ2n) is 4.59. The Morgan fingerprint density at radius 3 is 2.56 bits per heavy atom. The fourth-order valence-electron chi connectivity index (χ4n) is 2.16. The quantitative estimate of drug-likeness (QED) is 0.682. The Hall–Kier alpha value is -0.860. The van der Waals surface area contributed by atoms with Crippen LogP contribution in [0.4, 0.5) is 13.2 Å². The highest BCUT2D eigenvalue weighted by Crippen LogP contribution is 2.25. The molecule has 8 heteroatoms. The second-order valence-corrected chi connectivity index (χ2v) is 4.59. The van der Waals surface area contributed by atoms with Crippen molar-refractivity contribution in [3.63, 3.8) is 0 Å². The van der Waals surface area contributed by atoms with E-state index < -0.39 is 24.5 Å². The van der Waals surface area contributed by atoms with Crippen molar-refractivity contribution in [3.05, 3.63) is 0 Å². The Morgan fingerprint density at radius 2 is 2.06 bits per heavy atom. The molecule has 2 atom stereocenters. The largest absolute Gasteiger partial charge is 0.490 e. The van der Waals surface area contributed by atoms with Gasteiger partial charge in [0.2, 0.25) is 0 Å². The number of nitrogens with one attached hydrogen (secondary N) is 1. The number of alkyl halides is 3. The van der Waals surface area contributed by atoms with Gasteiger partial charge in [-0.3, -0.25) is 4.90 Å². The lowest BCUT2D eigenvalue weighted by molar-refractivity contribution is -0.220. The van der Waals surface area contributed by atoms with E-state index in [-0.39, 0.29) is 12.5 Å². The van der Waals surface area contributed by atoms with E-state index in [0.717, 1.165) is 0 Å². The lowest BCUT2D eigenvalue weighted by atomic mass is 10.0. The molecule has 2 saturated heterocycles. The van der Waals surface area contributed by atoms with E-state index in [9.17, 15) is 23.1 Å². The van der Waals surface area contributed by atoms with E-state index in [1.807, 2.05) is 0 Å². The van der Waals surface area contributed by atoms with Crippen molar-refractivity contribution in [2.45, 2.75) is 37.4 Å². The minimum atomic E-state index is -4.99. The Morgan fingerprint density at radius 1 is 1.39 bits per heavy atom. The smallest absolute Gasteiger partial charge is 0.440 e. The van der Waals surface area contributed by atoms with Gasteiger partial charge in [0.25, 0.3) is 0 Å². The van der Waals surface area contributed by atoms with Crippen LogP contribution in [0.5, 0.6) is 0 Å². The first-order chi connectivity index (χ1) is 8.38. The average Bonchev–Trinajstić information content (AvgIpc) is 2.17. The molecule has 18 heavy (non-hydrogen) atoms. The van der Waals surface area contributed by atoms with Gasteiger partial charge in [0.1, 0.15) is 0 Å². The Bertz CT molecular complexity index is 320. The minimum Gasteiger partial charge on any atom is -0.440 e. The number of halogens is 3. The number of nitrogens with zero attached hydrogens (tertiary/aromatic N) is 1. The van der Waals surface area contributed by atoms with Gasteiger partial charge in [-0.2, -0.15) is 13.2 Å². The molecule has 2 N–H and O–H groups in total. The molecule has 2 unspecified atom stereocenters. The molecule has 2 heterocycles. The number of rotatable bonds is 2. The number of carbonyl (C=O) groups is 1. The zero-order valence-electron chi connectivity index (χ0n) is 9.61. The lowest BCUT2D eigenvalue weighted by Crippen LogP contribution is -2.63. The summed E-state index contributed by atoms with van der Waals surface area (Å²) in [6.45, 7) is 1.76. The van der Waals surface area contributed by atoms with Crippen molar-refractivity contribution < 1.29 is 27.8 Å². The first kappa shape index (κ1) is 13.6. The van der Waals surface area contributed by atoms with Gasteiger partial charge < -0.3 is 15.2 Å². The van der Waals surface area contributed by atoms with E-state index >= 15 is 0 Å². The zero-order chi connectivity index (χ0) is 13.3. The molecule has 0 spiro atoms. The van der Waals surface area contributed by atoms with E-state index in [1.165, 1.54) is 0 Å². The van der Waals surface area contributed by atoms with Crippen molar-refractivity contribution >= 4 is 5.97 Å². The molecule has 5 nitrogen and oxygen atoms in total. The number of likely N-dealkylation sites (tertiary alicyclic amines) is 1. The third-order valence-electron chi connectivity index (χ3n) is 3.27. The van der Waals surface area contributed by atoms with E-state index in [1.54, 1.807) is 4.90 Å². The summed E-state index contributed by atoms with van der Waals surface area (Å²) in [7, 11) is 0. The van der Waals surface area contributed by atoms with Crippen molar-refractivity contribution in [2.24, 2.45) is 0 Å². The maximum absolute atomic E-state index is 12.2. The molecular weight excluding hydrogens is 253 g/mol. The summed E-state index contributed by atoms with van der Waals surface area (Å²) in [4.78, 5) is 12.6. The van der Waals surface area contributed by atoms with Crippen LogP contribution in [0.3, 0.4) is 0 Å². The van der Waals surface area contributed by atoms with Crippen LogP contribution in [0.15, 0.2) is 0 Å². The number of hydrogen-bond donors (Lipinski definition) is 2. The molecule has 2 aliphatic heterocycles. The van der Waals surface area contributed by atoms with Crippen molar-refractivity contribution in [1.82, 2.24) is 10.2 Å². The molecule has 0 bridgehead atoms. The highest BCUT2D eigenvalue weighted by molar-refractivity contribution is 5.75. The Kier molecular flexibility index (Phi) is 3.79. The summed E-state index contributed by atoms with van der Waals surface area (Å²) >= 11 is 0. The summed E-state index contributed by atoms with van der Waals surface area (Å²) in [5, 5.41) is 12.5. The zero-order valence-corrected chi connectivity index (χ0v) is 9.61. The first-order valence-corrected chi connectivity index (χ1v) is 5.80. The second kappa shape index (κ2) is 5.02. The van der Waals surface area contributed by atoms with E-state index in [0.29, 0.717) is 26.1 Å². The standard InChI is InChI=1S/C10H15F3N2O3/c11-10(12,13)9(17)18-8-3-7(16)1-2-15(8)6-4-14-5-6/h6-8,14,16H,1-5H2. The van der Waals surface area contributed by atoms with Crippen molar-refractivity contribution in [2.75, 3.05) is 19.6 Å². The fourth-order valence-corrected chi connectivity index (χ4v) is 2.16. The maximum Gasteiger partial charge on any atom is 0.490 e. The summed E-state index contributed by atoms with van der Waals surface area (Å²) < 4.78 is 40.9. The van der Waals surface area contributed by atoms with Gasteiger partial charge in [-0.15, -0.1) is 0 Å². The van der Waals surface area contributed by atoms with Gasteiger partial charge in [-0.05, 0) is 6.42 Å². The van der Waals surface area contributed by atoms with Crippen LogP contribution in [0, 0.1) is 0 Å². The summed E-state index contributed by atoms with van der Waals surface area (Å²) in [6.07, 6.45) is -6.20. The highest BCUT2D eigenvalue weighted by atomic mass is 19.4. The fraction of sp³-hybridized carbons (Fsp3) is 0.900. The number of carbonyl (C=O) groups excluding carboxylic acids is 1. The van der Waals surface area contributed by atoms with Crippen LogP contribution in [0.25, 0.3) is 0 Å². The summed E-state index contributed by atoms with van der Waals surface area (Å²) in [5.41, 5.74) is 0. The topological polar surface area (TPSA) is 61.8 Å². The molecule has 0 amide bonds. The minimum absolute atomic E-state index is 0.0261. The van der Waals surface area contributed by atoms with Crippen LogP contribution in [-0.4, -0.2) is 60.2 Å². The summed E-state index contributed by atoms with van der Waals surface area (Å²) in [5.74, 6) is -2.20. The first-order valence-electron chi connectivity index (χ1n) is 5.80. The Labute approximate surface area is 102 Å². The Balaban J connectivity index is 1.99. The number of aliphatic hydroxyl groups is 1. The van der Waals surface area contributed by atoms with E-state index in [2.05, 4.69) is 10.1 Å². The van der Waals surface area contributed by atoms with Crippen LogP contribution in [0.2, 0.25) is 0 Å². The third kappa shape index (κ3) is 2.93. The molecule has 2 aliphatic rings. The normalized spacial score (nSPS) is 30.9. The maximum atomic E-state index is 12.2. The molecule has 2 rings (SSSR count). The van der Waals surface area contributed by atoms with Crippen LogP contribution in [0.1, 0.15) is 12.8 Å². The number of piperidine rings is 1.